The summed E-state index contributed by atoms with van der Waals surface area (Å²) in [4.78, 5) is 3.68. The molecule has 2 aromatic rings. The molecule has 0 amide bonds. The predicted molar refractivity (Wildman–Crippen MR) is 84.3 cm³/mol. The van der Waals surface area contributed by atoms with E-state index in [0.29, 0.717) is 0 Å². The molecule has 0 aliphatic rings. The fourth-order valence-electron chi connectivity index (χ4n) is 2.55. The third kappa shape index (κ3) is 3.40. The molecule has 6 nitrogen and oxygen atoms in total. The van der Waals surface area contributed by atoms with Crippen LogP contribution in [0.3, 0.4) is 0 Å². The molecule has 2 rings (SSSR count). The molecule has 0 saturated carbocycles. The Morgan fingerprint density at radius 1 is 1.16 bits per heavy atom. The highest BCUT2D eigenvalue weighted by atomic mass is 32.2. The number of benzene rings is 1. The molecule has 0 aliphatic heterocycles. The van der Waals surface area contributed by atoms with Gasteiger partial charge in [-0.3, -0.25) is 0 Å². The zero-order valence-corrected chi connectivity index (χ0v) is 14.6. The Morgan fingerprint density at radius 3 is 2.16 bits per heavy atom. The van der Waals surface area contributed by atoms with Gasteiger partial charge in [-0.05, 0) is 25.5 Å². The Balaban J connectivity index is 2.78. The van der Waals surface area contributed by atoms with Gasteiger partial charge in [0.2, 0.25) is 0 Å². The van der Waals surface area contributed by atoms with E-state index in [-0.39, 0.29) is 0 Å². The first-order valence-corrected chi connectivity index (χ1v) is 9.11. The average molecular weight is 377 g/mol. The van der Waals surface area contributed by atoms with Crippen molar-refractivity contribution in [2.75, 3.05) is 6.26 Å². The number of aliphatic hydroxyl groups is 1. The standard InChI is InChI=1S/C15H18F3N3O3S/c1-13(2,25(3,23)24)14(22,8-21-10-19-9-20-21)11-6-4-5-7-12(11)15(16,17)18/h4-7,9-10,22H,8H2,1-3H3. The van der Waals surface area contributed by atoms with Crippen molar-refractivity contribution in [3.05, 3.63) is 48.0 Å². The number of sulfone groups is 1. The van der Waals surface area contributed by atoms with E-state index in [9.17, 15) is 26.7 Å². The molecule has 1 atom stereocenters. The van der Waals surface area contributed by atoms with Crippen molar-refractivity contribution in [1.29, 1.82) is 0 Å². The van der Waals surface area contributed by atoms with Crippen LogP contribution in [-0.2, 0) is 28.2 Å². The number of alkyl halides is 3. The monoisotopic (exact) mass is 377 g/mol. The molecular formula is C15H18F3N3O3S. The van der Waals surface area contributed by atoms with Crippen molar-refractivity contribution in [2.45, 2.75) is 36.9 Å². The normalized spacial score (nSPS) is 15.8. The molecule has 0 radical (unpaired) electrons. The van der Waals surface area contributed by atoms with E-state index in [1.807, 2.05) is 0 Å². The molecule has 10 heteroatoms. The Labute approximate surface area is 143 Å². The van der Waals surface area contributed by atoms with Gasteiger partial charge in [-0.25, -0.2) is 18.1 Å². The van der Waals surface area contributed by atoms with Crippen LogP contribution in [0.5, 0.6) is 0 Å². The second kappa shape index (κ2) is 6.10. The van der Waals surface area contributed by atoms with E-state index in [1.54, 1.807) is 0 Å². The average Bonchev–Trinajstić information content (AvgIpc) is 2.97. The van der Waals surface area contributed by atoms with Gasteiger partial charge in [0.25, 0.3) is 0 Å². The lowest BCUT2D eigenvalue weighted by molar-refractivity contribution is -0.142. The van der Waals surface area contributed by atoms with Crippen LogP contribution in [0.1, 0.15) is 25.0 Å². The summed E-state index contributed by atoms with van der Waals surface area (Å²) in [5.41, 5.74) is -4.04. The first-order chi connectivity index (χ1) is 11.3. The van der Waals surface area contributed by atoms with Crippen LogP contribution in [-0.4, -0.2) is 39.3 Å². The van der Waals surface area contributed by atoms with Gasteiger partial charge in [0.1, 0.15) is 23.0 Å². The number of rotatable bonds is 5. The van der Waals surface area contributed by atoms with E-state index in [4.69, 9.17) is 0 Å². The molecule has 0 saturated heterocycles. The number of aromatic nitrogens is 3. The molecule has 1 N–H and O–H groups in total. The van der Waals surface area contributed by atoms with Crippen molar-refractivity contribution in [3.8, 4) is 0 Å². The second-order valence-corrected chi connectivity index (χ2v) is 8.84. The third-order valence-electron chi connectivity index (χ3n) is 4.46. The van der Waals surface area contributed by atoms with Gasteiger partial charge in [-0.15, -0.1) is 0 Å². The van der Waals surface area contributed by atoms with Crippen LogP contribution >= 0.6 is 0 Å². The van der Waals surface area contributed by atoms with Crippen LogP contribution in [0, 0.1) is 0 Å². The minimum absolute atomic E-state index is 0.514. The summed E-state index contributed by atoms with van der Waals surface area (Å²) in [5.74, 6) is 0. The fraction of sp³-hybridized carbons (Fsp3) is 0.467. The van der Waals surface area contributed by atoms with Gasteiger partial charge in [0, 0.05) is 6.26 Å². The van der Waals surface area contributed by atoms with Gasteiger partial charge in [0.05, 0.1) is 12.1 Å². The first kappa shape index (κ1) is 19.4. The minimum Gasteiger partial charge on any atom is -0.382 e. The van der Waals surface area contributed by atoms with Crippen molar-refractivity contribution in [3.63, 3.8) is 0 Å². The largest absolute Gasteiger partial charge is 0.416 e. The maximum absolute atomic E-state index is 13.4. The molecule has 0 fully saturated rings. The molecule has 1 unspecified atom stereocenters. The summed E-state index contributed by atoms with van der Waals surface area (Å²) < 4.78 is 64.1. The van der Waals surface area contributed by atoms with E-state index in [2.05, 4.69) is 10.1 Å². The van der Waals surface area contributed by atoms with Crippen LogP contribution in [0.15, 0.2) is 36.9 Å². The van der Waals surface area contributed by atoms with Crippen molar-refractivity contribution >= 4 is 9.84 Å². The Bertz CT molecular complexity index is 848. The van der Waals surface area contributed by atoms with Crippen LogP contribution in [0.2, 0.25) is 0 Å². The smallest absolute Gasteiger partial charge is 0.382 e. The molecule has 0 aliphatic carbocycles. The van der Waals surface area contributed by atoms with Gasteiger partial charge < -0.3 is 5.11 Å². The maximum atomic E-state index is 13.4. The van der Waals surface area contributed by atoms with E-state index in [0.717, 1.165) is 29.4 Å². The summed E-state index contributed by atoms with van der Waals surface area (Å²) in [5, 5.41) is 15.1. The zero-order valence-electron chi connectivity index (χ0n) is 13.8. The number of nitrogens with zero attached hydrogens (tertiary/aromatic N) is 3. The molecule has 0 spiro atoms. The SMILES string of the molecule is CC(C)(C(O)(Cn1cncn1)c1ccccc1C(F)(F)F)S(C)(=O)=O. The molecular weight excluding hydrogens is 359 g/mol. The van der Waals surface area contributed by atoms with Crippen LogP contribution < -0.4 is 0 Å². The fourth-order valence-corrected chi connectivity index (χ4v) is 3.33. The Kier molecular flexibility index (Phi) is 4.73. The first-order valence-electron chi connectivity index (χ1n) is 7.22. The van der Waals surface area contributed by atoms with Gasteiger partial charge >= 0.3 is 6.18 Å². The summed E-state index contributed by atoms with van der Waals surface area (Å²) >= 11 is 0. The van der Waals surface area contributed by atoms with Crippen molar-refractivity contribution < 1.29 is 26.7 Å². The number of hydrogen-bond acceptors (Lipinski definition) is 5. The highest BCUT2D eigenvalue weighted by Crippen LogP contribution is 2.44. The molecule has 1 aromatic carbocycles. The summed E-state index contributed by atoms with van der Waals surface area (Å²) in [6, 6.07) is 4.37. The summed E-state index contributed by atoms with van der Waals surface area (Å²) in [6.07, 6.45) is -1.56. The maximum Gasteiger partial charge on any atom is 0.416 e. The summed E-state index contributed by atoms with van der Waals surface area (Å²) in [7, 11) is -3.95. The lowest BCUT2D eigenvalue weighted by Crippen LogP contribution is -2.55. The molecule has 0 bridgehead atoms. The topological polar surface area (TPSA) is 85.1 Å². The van der Waals surface area contributed by atoms with Crippen LogP contribution in [0.4, 0.5) is 13.2 Å². The summed E-state index contributed by atoms with van der Waals surface area (Å²) in [6.45, 7) is 1.86. The van der Waals surface area contributed by atoms with E-state index >= 15 is 0 Å². The van der Waals surface area contributed by atoms with Gasteiger partial charge in [-0.2, -0.15) is 18.3 Å². The van der Waals surface area contributed by atoms with E-state index in [1.165, 1.54) is 32.3 Å². The molecule has 1 aromatic heterocycles. The van der Waals surface area contributed by atoms with Gasteiger partial charge in [0.15, 0.2) is 9.84 Å². The third-order valence-corrected chi connectivity index (χ3v) is 6.65. The predicted octanol–water partition coefficient (Wildman–Crippen LogP) is 2.01. The number of halogens is 3. The number of hydrogen-bond donors (Lipinski definition) is 1. The lowest BCUT2D eigenvalue weighted by atomic mass is 9.80. The molecule has 25 heavy (non-hydrogen) atoms. The lowest BCUT2D eigenvalue weighted by Gasteiger charge is -2.42. The zero-order chi connectivity index (χ0) is 19.1. The Morgan fingerprint density at radius 2 is 1.72 bits per heavy atom. The Hall–Kier alpha value is -1.94. The van der Waals surface area contributed by atoms with Crippen molar-refractivity contribution in [1.82, 2.24) is 14.8 Å². The molecule has 1 heterocycles. The van der Waals surface area contributed by atoms with Crippen LogP contribution in [0.25, 0.3) is 0 Å². The van der Waals surface area contributed by atoms with E-state index < -0.39 is 44.0 Å². The molecule has 138 valence electrons. The quantitative estimate of drug-likeness (QED) is 0.862. The minimum atomic E-state index is -4.76. The second-order valence-electron chi connectivity index (χ2n) is 6.28. The van der Waals surface area contributed by atoms with Crippen molar-refractivity contribution in [2.24, 2.45) is 0 Å². The highest BCUT2D eigenvalue weighted by Gasteiger charge is 2.55. The van der Waals surface area contributed by atoms with Gasteiger partial charge in [-0.1, -0.05) is 18.2 Å². The highest BCUT2D eigenvalue weighted by molar-refractivity contribution is 7.92.